The van der Waals surface area contributed by atoms with Gasteiger partial charge in [-0.05, 0) is 102 Å². The van der Waals surface area contributed by atoms with Crippen molar-refractivity contribution in [3.8, 4) is 0 Å². The van der Waals surface area contributed by atoms with Crippen molar-refractivity contribution in [2.24, 2.45) is 0 Å². The summed E-state index contributed by atoms with van der Waals surface area (Å²) in [7, 11) is 1.98. The number of nitrogens with one attached hydrogen (secondary N) is 1. The summed E-state index contributed by atoms with van der Waals surface area (Å²) in [5.74, 6) is -0.166. The summed E-state index contributed by atoms with van der Waals surface area (Å²) >= 11 is 1.66. The Morgan fingerprint density at radius 3 is 2.32 bits per heavy atom. The molecule has 2 aromatic rings. The van der Waals surface area contributed by atoms with Crippen LogP contribution >= 0.6 is 11.8 Å². The van der Waals surface area contributed by atoms with E-state index in [9.17, 15) is 17.6 Å². The zero-order valence-corrected chi connectivity index (χ0v) is 24.5. The zero-order chi connectivity index (χ0) is 27.8. The number of benzene rings is 2. The van der Waals surface area contributed by atoms with Gasteiger partial charge in [0, 0.05) is 36.0 Å². The quantitative estimate of drug-likeness (QED) is 0.340. The van der Waals surface area contributed by atoms with Gasteiger partial charge in [0.1, 0.15) is 11.4 Å². The number of hydrogen-bond donors (Lipinski definition) is 1. The van der Waals surface area contributed by atoms with Crippen molar-refractivity contribution in [3.05, 3.63) is 53.8 Å². The summed E-state index contributed by atoms with van der Waals surface area (Å²) in [5.41, 5.74) is 0.461. The van der Waals surface area contributed by atoms with Gasteiger partial charge in [-0.15, -0.1) is 11.8 Å². The number of rotatable bonds is 14. The number of hydrogen-bond acceptors (Lipinski definition) is 7. The van der Waals surface area contributed by atoms with E-state index >= 15 is 0 Å². The normalized spacial score (nSPS) is 14.3. The van der Waals surface area contributed by atoms with E-state index in [-0.39, 0.29) is 16.8 Å². The first-order valence-electron chi connectivity index (χ1n) is 12.4. The van der Waals surface area contributed by atoms with E-state index in [4.69, 9.17) is 4.74 Å². The van der Waals surface area contributed by atoms with Crippen molar-refractivity contribution >= 4 is 33.4 Å². The SMILES string of the molecule is CCOC(C)(CC)C(=O)NS(=O)(=O)c1ccc(N(C)[C@H](CCN(C)C)CSc2ccc(F)cc2)c(C)c1. The van der Waals surface area contributed by atoms with Crippen LogP contribution in [0.25, 0.3) is 0 Å². The lowest BCUT2D eigenvalue weighted by molar-refractivity contribution is -0.142. The molecule has 206 valence electrons. The molecule has 0 saturated carbocycles. The van der Waals surface area contributed by atoms with E-state index in [1.807, 2.05) is 28.1 Å². The number of thioether (sulfide) groups is 1. The summed E-state index contributed by atoms with van der Waals surface area (Å²) in [6.07, 6.45) is 1.23. The van der Waals surface area contributed by atoms with Crippen LogP contribution in [0.4, 0.5) is 10.1 Å². The number of aryl methyl sites for hydroxylation is 1. The van der Waals surface area contributed by atoms with Crippen LogP contribution in [0.3, 0.4) is 0 Å². The smallest absolute Gasteiger partial charge is 0.265 e. The molecule has 2 rings (SSSR count). The molecule has 7 nitrogen and oxygen atoms in total. The average molecular weight is 554 g/mol. The third-order valence-corrected chi connectivity index (χ3v) is 8.90. The molecule has 2 aromatic carbocycles. The predicted molar refractivity (Wildman–Crippen MR) is 149 cm³/mol. The van der Waals surface area contributed by atoms with Crippen LogP contribution in [0, 0.1) is 12.7 Å². The fourth-order valence-electron chi connectivity index (χ4n) is 3.84. The molecular formula is C27H40FN3O4S2. The van der Waals surface area contributed by atoms with Gasteiger partial charge >= 0.3 is 0 Å². The number of halogens is 1. The number of anilines is 1. The molecule has 0 aliphatic heterocycles. The Labute approximate surface area is 225 Å². The molecular weight excluding hydrogens is 513 g/mol. The van der Waals surface area contributed by atoms with E-state index in [2.05, 4.69) is 14.5 Å². The Morgan fingerprint density at radius 2 is 1.78 bits per heavy atom. The summed E-state index contributed by atoms with van der Waals surface area (Å²) < 4.78 is 47.0. The van der Waals surface area contributed by atoms with E-state index in [1.165, 1.54) is 18.2 Å². The van der Waals surface area contributed by atoms with E-state index in [0.29, 0.717) is 13.0 Å². The minimum atomic E-state index is -4.07. The molecule has 1 amide bonds. The van der Waals surface area contributed by atoms with Crippen LogP contribution in [0.15, 0.2) is 52.3 Å². The monoisotopic (exact) mass is 553 g/mol. The Kier molecular flexibility index (Phi) is 11.4. The van der Waals surface area contributed by atoms with Crippen LogP contribution in [0.1, 0.15) is 39.2 Å². The Morgan fingerprint density at radius 1 is 1.14 bits per heavy atom. The molecule has 0 aromatic heterocycles. The molecule has 1 N–H and O–H groups in total. The summed E-state index contributed by atoms with van der Waals surface area (Å²) in [6.45, 7) is 8.16. The third kappa shape index (κ3) is 8.70. The van der Waals surface area contributed by atoms with Gasteiger partial charge in [-0.25, -0.2) is 17.5 Å². The lowest BCUT2D eigenvalue weighted by atomic mass is 10.0. The Hall–Kier alpha value is -2.14. The van der Waals surface area contributed by atoms with E-state index < -0.39 is 21.5 Å². The van der Waals surface area contributed by atoms with Gasteiger partial charge in [0.2, 0.25) is 0 Å². The minimum Gasteiger partial charge on any atom is -0.371 e. The number of carbonyl (C=O) groups is 1. The highest BCUT2D eigenvalue weighted by molar-refractivity contribution is 7.99. The number of ether oxygens (including phenoxy) is 1. The second-order valence-corrected chi connectivity index (χ2v) is 12.3. The lowest BCUT2D eigenvalue weighted by Gasteiger charge is -2.32. The van der Waals surface area contributed by atoms with Crippen molar-refractivity contribution in [1.29, 1.82) is 0 Å². The highest BCUT2D eigenvalue weighted by Gasteiger charge is 2.35. The summed E-state index contributed by atoms with van der Waals surface area (Å²) in [5, 5.41) is 0. The summed E-state index contributed by atoms with van der Waals surface area (Å²) in [6, 6.07) is 11.5. The van der Waals surface area contributed by atoms with Crippen molar-refractivity contribution in [1.82, 2.24) is 9.62 Å². The molecule has 0 aliphatic rings. The first-order valence-corrected chi connectivity index (χ1v) is 14.9. The molecule has 0 heterocycles. The summed E-state index contributed by atoms with van der Waals surface area (Å²) in [4.78, 5) is 18.0. The molecule has 10 heteroatoms. The minimum absolute atomic E-state index is 0.0241. The molecule has 0 saturated heterocycles. The molecule has 0 radical (unpaired) electrons. The molecule has 1 unspecified atom stereocenters. The third-order valence-electron chi connectivity index (χ3n) is 6.42. The number of amides is 1. The first kappa shape index (κ1) is 31.1. The van der Waals surface area contributed by atoms with E-state index in [1.54, 1.807) is 56.8 Å². The lowest BCUT2D eigenvalue weighted by Crippen LogP contribution is -2.48. The van der Waals surface area contributed by atoms with Gasteiger partial charge in [-0.3, -0.25) is 4.79 Å². The van der Waals surface area contributed by atoms with Gasteiger partial charge in [-0.1, -0.05) is 6.92 Å². The van der Waals surface area contributed by atoms with Gasteiger partial charge < -0.3 is 14.5 Å². The second-order valence-electron chi connectivity index (χ2n) is 9.52. The first-order chi connectivity index (χ1) is 17.3. The molecule has 2 atom stereocenters. The zero-order valence-electron chi connectivity index (χ0n) is 22.9. The van der Waals surface area contributed by atoms with Crippen LogP contribution < -0.4 is 9.62 Å². The standard InChI is InChI=1S/C27H40FN3O4S2/c1-8-27(4,35-9-2)26(32)29-37(33,34)24-14-15-25(20(3)18-24)31(7)22(16-17-30(5)6)19-36-23-12-10-21(28)11-13-23/h10-15,18,22H,8-9,16-17,19H2,1-7H3,(H,29,32)/t22-,27?/m1/s1. The van der Waals surface area contributed by atoms with Crippen LogP contribution in [-0.2, 0) is 19.6 Å². The Balaban J connectivity index is 2.24. The van der Waals surface area contributed by atoms with Crippen LogP contribution in [-0.4, -0.2) is 70.9 Å². The fourth-order valence-corrected chi connectivity index (χ4v) is 6.10. The molecule has 37 heavy (non-hydrogen) atoms. The number of carbonyl (C=O) groups excluding carboxylic acids is 1. The van der Waals surface area contributed by atoms with Gasteiger partial charge in [0.05, 0.1) is 4.90 Å². The number of nitrogens with zero attached hydrogens (tertiary/aromatic N) is 2. The van der Waals surface area contributed by atoms with Crippen molar-refractivity contribution < 1.29 is 22.3 Å². The molecule has 0 fully saturated rings. The van der Waals surface area contributed by atoms with Crippen molar-refractivity contribution in [3.63, 3.8) is 0 Å². The number of sulfonamides is 1. The van der Waals surface area contributed by atoms with Crippen LogP contribution in [0.5, 0.6) is 0 Å². The second kappa shape index (κ2) is 13.6. The maximum Gasteiger partial charge on any atom is 0.265 e. The van der Waals surface area contributed by atoms with Gasteiger partial charge in [0.15, 0.2) is 0 Å². The average Bonchev–Trinajstić information content (AvgIpc) is 2.84. The van der Waals surface area contributed by atoms with Crippen LogP contribution in [0.2, 0.25) is 0 Å². The van der Waals surface area contributed by atoms with E-state index in [0.717, 1.165) is 34.9 Å². The highest BCUT2D eigenvalue weighted by Crippen LogP contribution is 2.28. The van der Waals surface area contributed by atoms with Crippen molar-refractivity contribution in [2.45, 2.75) is 62.0 Å². The molecule has 0 aliphatic carbocycles. The fraction of sp³-hybridized carbons (Fsp3) is 0.519. The molecule has 0 bridgehead atoms. The predicted octanol–water partition coefficient (Wildman–Crippen LogP) is 4.69. The van der Waals surface area contributed by atoms with Crippen molar-refractivity contribution in [2.75, 3.05) is 44.9 Å². The molecule has 0 spiro atoms. The topological polar surface area (TPSA) is 78.9 Å². The largest absolute Gasteiger partial charge is 0.371 e. The Bertz CT molecular complexity index is 1140. The highest BCUT2D eigenvalue weighted by atomic mass is 32.2. The van der Waals surface area contributed by atoms with Gasteiger partial charge in [0.25, 0.3) is 15.9 Å². The maximum absolute atomic E-state index is 13.3. The van der Waals surface area contributed by atoms with Gasteiger partial charge in [-0.2, -0.15) is 0 Å². The maximum atomic E-state index is 13.3.